The fourth-order valence-corrected chi connectivity index (χ4v) is 6.38. The number of hydrogen-bond acceptors (Lipinski definition) is 7. The zero-order chi connectivity index (χ0) is 30.3. The molecule has 1 atom stereocenters. The molecule has 0 aliphatic heterocycles. The third kappa shape index (κ3) is 6.60. The topological polar surface area (TPSA) is 172 Å². The lowest BCUT2D eigenvalue weighted by Gasteiger charge is -2.24. The minimum atomic E-state index is -4.20. The summed E-state index contributed by atoms with van der Waals surface area (Å²) in [5, 5.41) is 13.6. The quantitative estimate of drug-likeness (QED) is 0.0776. The number of rotatable bonds is 13. The summed E-state index contributed by atoms with van der Waals surface area (Å²) < 4.78 is 32.6. The lowest BCUT2D eigenvalue weighted by molar-refractivity contribution is -0.384. The maximum atomic E-state index is 13.1. The van der Waals surface area contributed by atoms with Crippen LogP contribution < -0.4 is 5.32 Å². The molecule has 1 amide bonds. The number of nitrogens with zero attached hydrogens (tertiary/aromatic N) is 4. The van der Waals surface area contributed by atoms with Gasteiger partial charge in [0.25, 0.3) is 11.5 Å². The van der Waals surface area contributed by atoms with Crippen molar-refractivity contribution >= 4 is 33.8 Å². The number of carbonyl (C=O) groups is 2. The number of alkyl carbamates (subject to hydrolysis) is 1. The van der Waals surface area contributed by atoms with Crippen molar-refractivity contribution in [2.24, 2.45) is 0 Å². The van der Waals surface area contributed by atoms with E-state index < -0.39 is 32.9 Å². The molecule has 3 aromatic rings. The standard InChI is InChI=1S/C29H29N5O7S/c1-33(42(39,40)21-15-13-20(14-16-21)34(37)38)27(28(35)18-32-30)12-6-7-17-31-29(36)41-19-26-24-10-4-2-8-22(24)23-9-3-5-11-25(23)26/h2-5,8-11,13-16,18,26-27H,6-7,12,17,19H2,1H3,(H,31,36)/t27-/m0/s1. The number of nitrogens with one attached hydrogen (secondary N) is 1. The van der Waals surface area contributed by atoms with Crippen LogP contribution in [0.25, 0.3) is 16.7 Å². The summed E-state index contributed by atoms with van der Waals surface area (Å²) in [6, 6.07) is 19.1. The molecule has 1 aliphatic rings. The van der Waals surface area contributed by atoms with E-state index in [1.807, 2.05) is 48.5 Å². The van der Waals surface area contributed by atoms with E-state index in [2.05, 4.69) is 10.1 Å². The fourth-order valence-electron chi connectivity index (χ4n) is 5.02. The van der Waals surface area contributed by atoms with E-state index in [0.717, 1.165) is 50.8 Å². The number of Topliss-reactive ketones (excluding diaryl/α,β-unsaturated/α-hetero) is 1. The highest BCUT2D eigenvalue weighted by molar-refractivity contribution is 7.89. The molecule has 0 bridgehead atoms. The number of nitro groups is 1. The van der Waals surface area contributed by atoms with Gasteiger partial charge in [-0.15, -0.1) is 0 Å². The van der Waals surface area contributed by atoms with Crippen LogP contribution in [0.15, 0.2) is 77.7 Å². The first-order valence-corrected chi connectivity index (χ1v) is 14.6. The number of amides is 1. The Morgan fingerprint density at radius 1 is 1.05 bits per heavy atom. The van der Waals surface area contributed by atoms with Crippen molar-refractivity contribution in [3.8, 4) is 11.1 Å². The number of carbonyl (C=O) groups excluding carboxylic acids is 2. The van der Waals surface area contributed by atoms with Crippen LogP contribution in [0, 0.1) is 10.1 Å². The van der Waals surface area contributed by atoms with Gasteiger partial charge in [-0.05, 0) is 53.6 Å². The second kappa shape index (κ2) is 13.3. The number of non-ortho nitro benzene ring substituents is 1. The number of unbranched alkanes of at least 4 members (excludes halogenated alkanes) is 1. The molecular formula is C29H29N5O7S. The first-order chi connectivity index (χ1) is 20.1. The summed E-state index contributed by atoms with van der Waals surface area (Å²) in [5.74, 6) is -0.814. The molecule has 4 rings (SSSR count). The van der Waals surface area contributed by atoms with Crippen molar-refractivity contribution in [1.29, 1.82) is 0 Å². The lowest BCUT2D eigenvalue weighted by atomic mass is 9.98. The van der Waals surface area contributed by atoms with Gasteiger partial charge in [-0.2, -0.15) is 9.10 Å². The average Bonchev–Trinajstić information content (AvgIpc) is 3.31. The molecule has 12 nitrogen and oxygen atoms in total. The molecule has 1 aliphatic carbocycles. The van der Waals surface area contributed by atoms with E-state index >= 15 is 0 Å². The summed E-state index contributed by atoms with van der Waals surface area (Å²) in [4.78, 5) is 37.7. The molecular weight excluding hydrogens is 562 g/mol. The van der Waals surface area contributed by atoms with Gasteiger partial charge in [0.2, 0.25) is 10.0 Å². The maximum Gasteiger partial charge on any atom is 0.407 e. The van der Waals surface area contributed by atoms with E-state index in [4.69, 9.17) is 10.3 Å². The molecule has 0 radical (unpaired) electrons. The zero-order valence-corrected chi connectivity index (χ0v) is 23.6. The van der Waals surface area contributed by atoms with Gasteiger partial charge in [0.05, 0.1) is 15.9 Å². The van der Waals surface area contributed by atoms with Gasteiger partial charge in [-0.3, -0.25) is 14.9 Å². The van der Waals surface area contributed by atoms with Crippen molar-refractivity contribution < 1.29 is 32.5 Å². The number of ketones is 1. The Bertz CT molecular complexity index is 1590. The Morgan fingerprint density at radius 2 is 1.64 bits per heavy atom. The molecule has 0 aromatic heterocycles. The van der Waals surface area contributed by atoms with Crippen LogP contribution in [-0.4, -0.2) is 66.8 Å². The minimum Gasteiger partial charge on any atom is -0.449 e. The minimum absolute atomic E-state index is 0.0694. The smallest absolute Gasteiger partial charge is 0.407 e. The van der Waals surface area contributed by atoms with Gasteiger partial charge in [-0.25, -0.2) is 13.2 Å². The maximum absolute atomic E-state index is 13.1. The summed E-state index contributed by atoms with van der Waals surface area (Å²) in [6.07, 6.45) is 0.867. The number of fused-ring (bicyclic) bond motifs is 3. The molecule has 1 N–H and O–H groups in total. The molecule has 0 saturated carbocycles. The normalized spacial score (nSPS) is 13.0. The molecule has 218 valence electrons. The van der Waals surface area contributed by atoms with Crippen LogP contribution >= 0.6 is 0 Å². The largest absolute Gasteiger partial charge is 0.449 e. The molecule has 0 spiro atoms. The zero-order valence-electron chi connectivity index (χ0n) is 22.8. The first kappa shape index (κ1) is 30.3. The number of benzene rings is 3. The Labute approximate surface area is 242 Å². The molecule has 42 heavy (non-hydrogen) atoms. The predicted molar refractivity (Wildman–Crippen MR) is 153 cm³/mol. The Kier molecular flexibility index (Phi) is 9.58. The highest BCUT2D eigenvalue weighted by atomic mass is 32.2. The molecule has 0 unspecified atom stereocenters. The van der Waals surface area contributed by atoms with Crippen molar-refractivity contribution in [3.63, 3.8) is 0 Å². The highest BCUT2D eigenvalue weighted by Crippen LogP contribution is 2.44. The highest BCUT2D eigenvalue weighted by Gasteiger charge is 2.34. The van der Waals surface area contributed by atoms with Gasteiger partial charge in [0, 0.05) is 31.6 Å². The van der Waals surface area contributed by atoms with E-state index in [-0.39, 0.29) is 36.1 Å². The number of likely N-dealkylation sites (N-methyl/N-ethyl adjacent to an activating group) is 1. The van der Waals surface area contributed by atoms with Crippen molar-refractivity contribution in [2.75, 3.05) is 20.2 Å². The number of ether oxygens (including phenoxy) is 1. The van der Waals surface area contributed by atoms with E-state index in [9.17, 15) is 28.1 Å². The van der Waals surface area contributed by atoms with Gasteiger partial charge < -0.3 is 15.6 Å². The molecule has 0 fully saturated rings. The number of nitro benzene ring substituents is 1. The van der Waals surface area contributed by atoms with Crippen LogP contribution in [0.3, 0.4) is 0 Å². The molecule has 3 aromatic carbocycles. The van der Waals surface area contributed by atoms with Gasteiger partial charge in [0.1, 0.15) is 6.61 Å². The Hall–Kier alpha value is -4.71. The Morgan fingerprint density at radius 3 is 2.21 bits per heavy atom. The molecule has 0 heterocycles. The Balaban J connectivity index is 1.29. The second-order valence-corrected chi connectivity index (χ2v) is 11.7. The molecule has 13 heteroatoms. The van der Waals surface area contributed by atoms with E-state index in [0.29, 0.717) is 19.1 Å². The number of hydrogen-bond donors (Lipinski definition) is 1. The summed E-state index contributed by atoms with van der Waals surface area (Å²) >= 11 is 0. The van der Waals surface area contributed by atoms with E-state index in [1.54, 1.807) is 0 Å². The van der Waals surface area contributed by atoms with Crippen LogP contribution in [0.2, 0.25) is 0 Å². The van der Waals surface area contributed by atoms with Gasteiger partial charge >= 0.3 is 12.3 Å². The van der Waals surface area contributed by atoms with Crippen LogP contribution in [0.1, 0.15) is 36.3 Å². The SMILES string of the molecule is CN([C@@H](CCCCNC(=O)OCC1c2ccccc2-c2ccccc21)C(=O)C=[N+]=[N-])S(=O)(=O)c1ccc([N+](=O)[O-])cc1. The summed E-state index contributed by atoms with van der Waals surface area (Å²) in [6.45, 7) is 0.396. The number of sulfonamides is 1. The predicted octanol–water partition coefficient (Wildman–Crippen LogP) is 4.16. The van der Waals surface area contributed by atoms with Crippen molar-refractivity contribution in [2.45, 2.75) is 36.1 Å². The van der Waals surface area contributed by atoms with Crippen molar-refractivity contribution in [1.82, 2.24) is 9.62 Å². The fraction of sp³-hybridized carbons (Fsp3) is 0.276. The van der Waals surface area contributed by atoms with Crippen LogP contribution in [0.5, 0.6) is 0 Å². The summed E-state index contributed by atoms with van der Waals surface area (Å²) in [7, 11) is -2.99. The van der Waals surface area contributed by atoms with E-state index in [1.165, 1.54) is 7.05 Å². The molecule has 0 saturated heterocycles. The van der Waals surface area contributed by atoms with Gasteiger partial charge in [-0.1, -0.05) is 48.5 Å². The lowest BCUT2D eigenvalue weighted by Crippen LogP contribution is -2.43. The third-order valence-corrected chi connectivity index (χ3v) is 9.07. The van der Waals surface area contributed by atoms with Gasteiger partial charge in [0.15, 0.2) is 0 Å². The summed E-state index contributed by atoms with van der Waals surface area (Å²) in [5.41, 5.74) is 13.0. The van der Waals surface area contributed by atoms with Crippen LogP contribution in [-0.2, 0) is 19.6 Å². The van der Waals surface area contributed by atoms with Crippen molar-refractivity contribution in [3.05, 3.63) is 99.6 Å². The third-order valence-electron chi connectivity index (χ3n) is 7.19. The monoisotopic (exact) mass is 591 g/mol. The van der Waals surface area contributed by atoms with Crippen LogP contribution in [0.4, 0.5) is 10.5 Å². The average molecular weight is 592 g/mol. The first-order valence-electron chi connectivity index (χ1n) is 13.2. The second-order valence-electron chi connectivity index (χ2n) is 9.68.